The largest absolute Gasteiger partial charge is 0.490 e. The molecule has 0 unspecified atom stereocenters. The fourth-order valence-corrected chi connectivity index (χ4v) is 5.19. The first-order valence-electron chi connectivity index (χ1n) is 14.3. The number of amides is 1. The third-order valence-corrected chi connectivity index (χ3v) is 7.60. The summed E-state index contributed by atoms with van der Waals surface area (Å²) in [5, 5.41) is 0.701. The Hall–Kier alpha value is -5.12. The van der Waals surface area contributed by atoms with Crippen molar-refractivity contribution in [2.75, 3.05) is 13.1 Å². The lowest BCUT2D eigenvalue weighted by atomic mass is 10.0. The predicted molar refractivity (Wildman–Crippen MR) is 158 cm³/mol. The van der Waals surface area contributed by atoms with E-state index < -0.39 is 11.7 Å². The quantitative estimate of drug-likeness (QED) is 0.129. The minimum absolute atomic E-state index is 0.0936. The summed E-state index contributed by atoms with van der Waals surface area (Å²) in [6.45, 7) is 0.823. The van der Waals surface area contributed by atoms with E-state index in [1.165, 1.54) is 36.4 Å². The molecular weight excluding hydrogens is 590 g/mol. The molecule has 0 aliphatic carbocycles. The molecule has 0 radical (unpaired) electrons. The van der Waals surface area contributed by atoms with Crippen molar-refractivity contribution in [3.05, 3.63) is 125 Å². The highest BCUT2D eigenvalue weighted by molar-refractivity contribution is 5.99. The zero-order chi connectivity index (χ0) is 31.6. The number of ether oxygens (including phenoxy) is 2. The molecule has 6 rings (SSSR count). The molecule has 230 valence electrons. The molecular formula is C35H27F4NO5. The first kappa shape index (κ1) is 29.9. The molecule has 10 heteroatoms. The zero-order valence-corrected chi connectivity index (χ0v) is 23.9. The van der Waals surface area contributed by atoms with Crippen LogP contribution in [0.1, 0.15) is 44.9 Å². The lowest BCUT2D eigenvalue weighted by Crippen LogP contribution is -2.41. The van der Waals surface area contributed by atoms with Crippen LogP contribution in [-0.4, -0.2) is 35.8 Å². The van der Waals surface area contributed by atoms with E-state index in [4.69, 9.17) is 13.9 Å². The molecule has 1 fully saturated rings. The molecule has 1 aliphatic rings. The number of fused-ring (bicyclic) bond motifs is 1. The van der Waals surface area contributed by atoms with Gasteiger partial charge in [-0.25, -0.2) is 4.39 Å². The summed E-state index contributed by atoms with van der Waals surface area (Å²) in [5.41, 5.74) is 1.06. The number of likely N-dealkylation sites (tertiary alicyclic amines) is 1. The fraction of sp³-hybridized carbons (Fsp3) is 0.200. The van der Waals surface area contributed by atoms with Crippen LogP contribution in [0.5, 0.6) is 17.2 Å². The van der Waals surface area contributed by atoms with Gasteiger partial charge in [0.05, 0.1) is 5.56 Å². The van der Waals surface area contributed by atoms with E-state index >= 15 is 0 Å². The third kappa shape index (κ3) is 7.17. The van der Waals surface area contributed by atoms with Crippen LogP contribution < -0.4 is 9.47 Å². The number of benzene rings is 4. The second-order valence-corrected chi connectivity index (χ2v) is 10.8. The number of rotatable bonds is 8. The van der Waals surface area contributed by atoms with Crippen LogP contribution in [-0.2, 0) is 12.6 Å². The SMILES string of the molecule is O=C(Cc1ccc2oc(C(=O)N3CCC(Oc4ccc(C(F)(F)F)cc4)CC3)cc2c1)c1ccc(Oc2ccc(F)cc2)cc1. The fourth-order valence-electron chi connectivity index (χ4n) is 5.19. The lowest BCUT2D eigenvalue weighted by Gasteiger charge is -2.31. The second kappa shape index (κ2) is 12.5. The number of ketones is 1. The Morgan fingerprint density at radius 1 is 0.800 bits per heavy atom. The maximum atomic E-state index is 13.2. The summed E-state index contributed by atoms with van der Waals surface area (Å²) < 4.78 is 68.9. The van der Waals surface area contributed by atoms with Gasteiger partial charge in [-0.05, 0) is 96.6 Å². The number of carbonyl (C=O) groups is 2. The van der Waals surface area contributed by atoms with Crippen LogP contribution in [0.15, 0.2) is 101 Å². The minimum Gasteiger partial charge on any atom is -0.490 e. The van der Waals surface area contributed by atoms with E-state index in [0.717, 1.165) is 17.7 Å². The standard InChI is InChI=1S/C35H27F4NO5/c36-26-6-12-29(13-7-26)43-27-8-2-23(3-9-27)31(41)20-22-1-14-32-24(19-22)21-33(45-32)34(42)40-17-15-30(16-18-40)44-28-10-4-25(5-11-28)35(37,38)39/h1-14,19,21,30H,15-18,20H2. The maximum absolute atomic E-state index is 13.2. The average Bonchev–Trinajstić information content (AvgIpc) is 3.46. The van der Waals surface area contributed by atoms with Gasteiger partial charge < -0.3 is 18.8 Å². The number of hydrogen-bond donors (Lipinski definition) is 0. The molecule has 45 heavy (non-hydrogen) atoms. The molecule has 1 amide bonds. The Kier molecular flexibility index (Phi) is 8.30. The topological polar surface area (TPSA) is 69.0 Å². The van der Waals surface area contributed by atoms with Crippen LogP contribution >= 0.6 is 0 Å². The van der Waals surface area contributed by atoms with Crippen molar-refractivity contribution in [3.8, 4) is 17.2 Å². The molecule has 1 saturated heterocycles. The molecule has 2 heterocycles. The van der Waals surface area contributed by atoms with E-state index in [1.807, 2.05) is 6.07 Å². The van der Waals surface area contributed by atoms with Gasteiger partial charge in [0.1, 0.15) is 34.8 Å². The van der Waals surface area contributed by atoms with Crippen molar-refractivity contribution in [3.63, 3.8) is 0 Å². The van der Waals surface area contributed by atoms with E-state index in [0.29, 0.717) is 59.7 Å². The number of Topliss-reactive ketones (excluding diaryl/α,β-unsaturated/α-hetero) is 1. The Morgan fingerprint density at radius 2 is 1.42 bits per heavy atom. The van der Waals surface area contributed by atoms with E-state index in [1.54, 1.807) is 47.4 Å². The van der Waals surface area contributed by atoms with Gasteiger partial charge in [0.25, 0.3) is 5.91 Å². The maximum Gasteiger partial charge on any atom is 0.416 e. The van der Waals surface area contributed by atoms with Crippen LogP contribution in [0, 0.1) is 5.82 Å². The van der Waals surface area contributed by atoms with Crippen LogP contribution in [0.25, 0.3) is 11.0 Å². The molecule has 0 bridgehead atoms. The van der Waals surface area contributed by atoms with E-state index in [-0.39, 0.29) is 35.8 Å². The third-order valence-electron chi connectivity index (χ3n) is 7.60. The van der Waals surface area contributed by atoms with Crippen molar-refractivity contribution < 1.29 is 41.0 Å². The molecule has 0 atom stereocenters. The Labute approximate surface area is 255 Å². The highest BCUT2D eigenvalue weighted by Gasteiger charge is 2.31. The number of furan rings is 1. The van der Waals surface area contributed by atoms with Gasteiger partial charge in [-0.3, -0.25) is 9.59 Å². The van der Waals surface area contributed by atoms with Crippen LogP contribution in [0.4, 0.5) is 17.6 Å². The lowest BCUT2D eigenvalue weighted by molar-refractivity contribution is -0.137. The van der Waals surface area contributed by atoms with Gasteiger partial charge >= 0.3 is 6.18 Å². The first-order valence-corrected chi connectivity index (χ1v) is 14.3. The first-order chi connectivity index (χ1) is 21.6. The Morgan fingerprint density at radius 3 is 2.07 bits per heavy atom. The highest BCUT2D eigenvalue weighted by atomic mass is 19.4. The Balaban J connectivity index is 1.03. The van der Waals surface area contributed by atoms with Crippen molar-refractivity contribution >= 4 is 22.7 Å². The van der Waals surface area contributed by atoms with Gasteiger partial charge in [0, 0.05) is 43.3 Å². The molecule has 1 aliphatic heterocycles. The highest BCUT2D eigenvalue weighted by Crippen LogP contribution is 2.31. The molecule has 0 spiro atoms. The van der Waals surface area contributed by atoms with E-state index in [2.05, 4.69) is 0 Å². The van der Waals surface area contributed by atoms with Crippen LogP contribution in [0.3, 0.4) is 0 Å². The summed E-state index contributed by atoms with van der Waals surface area (Å²) in [6, 6.07) is 23.9. The Bertz CT molecular complexity index is 1800. The monoisotopic (exact) mass is 617 g/mol. The summed E-state index contributed by atoms with van der Waals surface area (Å²) in [5.74, 6) is 0.830. The van der Waals surface area contributed by atoms with Gasteiger partial charge in [-0.1, -0.05) is 6.07 Å². The number of halogens is 4. The number of nitrogens with zero attached hydrogens (tertiary/aromatic N) is 1. The van der Waals surface area contributed by atoms with E-state index in [9.17, 15) is 27.2 Å². The minimum atomic E-state index is -4.40. The van der Waals surface area contributed by atoms with Gasteiger partial charge in [-0.15, -0.1) is 0 Å². The molecule has 5 aromatic rings. The average molecular weight is 618 g/mol. The number of carbonyl (C=O) groups excluding carboxylic acids is 2. The van der Waals surface area contributed by atoms with Gasteiger partial charge in [0.15, 0.2) is 11.5 Å². The molecule has 0 N–H and O–H groups in total. The predicted octanol–water partition coefficient (Wildman–Crippen LogP) is 8.49. The molecule has 6 nitrogen and oxygen atoms in total. The second-order valence-electron chi connectivity index (χ2n) is 10.8. The zero-order valence-electron chi connectivity index (χ0n) is 23.9. The number of alkyl halides is 3. The van der Waals surface area contributed by atoms with Crippen molar-refractivity contribution in [1.29, 1.82) is 0 Å². The van der Waals surface area contributed by atoms with Crippen molar-refractivity contribution in [1.82, 2.24) is 4.90 Å². The summed E-state index contributed by atoms with van der Waals surface area (Å²) in [4.78, 5) is 27.8. The summed E-state index contributed by atoms with van der Waals surface area (Å²) in [7, 11) is 0. The number of piperidine rings is 1. The van der Waals surface area contributed by atoms with Crippen LogP contribution in [0.2, 0.25) is 0 Å². The molecule has 4 aromatic carbocycles. The molecule has 1 aromatic heterocycles. The van der Waals surface area contributed by atoms with Crippen molar-refractivity contribution in [2.45, 2.75) is 31.5 Å². The smallest absolute Gasteiger partial charge is 0.416 e. The summed E-state index contributed by atoms with van der Waals surface area (Å²) in [6.07, 6.45) is -3.43. The van der Waals surface area contributed by atoms with Crippen molar-refractivity contribution in [2.24, 2.45) is 0 Å². The normalized spacial score (nSPS) is 14.0. The van der Waals surface area contributed by atoms with Gasteiger partial charge in [-0.2, -0.15) is 13.2 Å². The van der Waals surface area contributed by atoms with Gasteiger partial charge in [0.2, 0.25) is 0 Å². The summed E-state index contributed by atoms with van der Waals surface area (Å²) >= 11 is 0. The molecule has 0 saturated carbocycles. The number of hydrogen-bond acceptors (Lipinski definition) is 5.